The Morgan fingerprint density at radius 2 is 1.78 bits per heavy atom. The second-order valence-electron chi connectivity index (χ2n) is 1.78. The smallest absolute Gasteiger partial charge is 1.00 e. The van der Waals surface area contributed by atoms with Crippen molar-refractivity contribution in [3.63, 3.8) is 0 Å². The zero-order valence-electron chi connectivity index (χ0n) is 8.10. The van der Waals surface area contributed by atoms with E-state index in [4.69, 9.17) is 5.11 Å². The molecule has 0 heterocycles. The fourth-order valence-electron chi connectivity index (χ4n) is 0.539. The minimum absolute atomic E-state index is 0. The molecule has 9 heavy (non-hydrogen) atoms. The van der Waals surface area contributed by atoms with Gasteiger partial charge in [-0.2, -0.15) is 0 Å². The zero-order valence-corrected chi connectivity index (χ0v) is 9.23. The maximum atomic E-state index is 8.29. The maximum absolute atomic E-state index is 8.29. The van der Waals surface area contributed by atoms with Crippen LogP contribution in [0, 0.1) is 0 Å². The first kappa shape index (κ1) is 16.7. The number of rotatable bonds is 4. The van der Waals surface area contributed by atoms with Crippen LogP contribution in [-0.4, -0.2) is 34.8 Å². The topological polar surface area (TPSA) is 20.2 Å². The quantitative estimate of drug-likeness (QED) is 0.554. The Balaban J connectivity index is -0.0000000300. The molecule has 0 atom stereocenters. The molecule has 0 fully saturated rings. The van der Waals surface area contributed by atoms with E-state index in [1.165, 1.54) is 19.3 Å². The summed E-state index contributed by atoms with van der Waals surface area (Å²) < 4.78 is 0. The van der Waals surface area contributed by atoms with E-state index in [0.29, 0.717) is 6.61 Å². The molecule has 0 rings (SSSR count). The molecule has 56 valence electrons. The molecular formula is C6H17BrMgO. The van der Waals surface area contributed by atoms with Crippen LogP contribution < -0.4 is 0 Å². The molecule has 0 aliphatic carbocycles. The van der Waals surface area contributed by atoms with Crippen molar-refractivity contribution >= 4 is 40.0 Å². The van der Waals surface area contributed by atoms with Gasteiger partial charge in [-0.3, -0.25) is 0 Å². The normalized spacial score (nSPS) is 7.33. The third kappa shape index (κ3) is 17.6. The van der Waals surface area contributed by atoms with Gasteiger partial charge in [0, 0.05) is 6.61 Å². The van der Waals surface area contributed by atoms with Crippen molar-refractivity contribution in [2.45, 2.75) is 32.6 Å². The van der Waals surface area contributed by atoms with Gasteiger partial charge in [-0.15, -0.1) is 17.0 Å². The first-order chi connectivity index (χ1) is 3.41. The number of aliphatic hydroxyl groups excluding tert-OH is 1. The van der Waals surface area contributed by atoms with E-state index in [2.05, 4.69) is 6.92 Å². The van der Waals surface area contributed by atoms with Crippen LogP contribution in [-0.2, 0) is 0 Å². The molecule has 0 aliphatic rings. The fourth-order valence-corrected chi connectivity index (χ4v) is 0.539. The molecule has 0 aliphatic heterocycles. The Labute approximate surface area is 87.1 Å². The van der Waals surface area contributed by atoms with E-state index in [1.807, 2.05) is 0 Å². The second kappa shape index (κ2) is 16.1. The number of hydrogen-bond donors (Lipinski definition) is 1. The molecule has 0 bridgehead atoms. The van der Waals surface area contributed by atoms with Gasteiger partial charge in [-0.25, -0.2) is 0 Å². The summed E-state index contributed by atoms with van der Waals surface area (Å²) in [5.41, 5.74) is 0. The standard InChI is InChI=1S/C6H14O.BrH.Mg.2H/c1-2-3-4-5-6-7;;;;/h7H,2-6H2,1H3;1H;;;/q;;+2;2*-1. The van der Waals surface area contributed by atoms with Crippen molar-refractivity contribution in [2.75, 3.05) is 6.61 Å². The van der Waals surface area contributed by atoms with Crippen LogP contribution in [0.25, 0.3) is 0 Å². The summed E-state index contributed by atoms with van der Waals surface area (Å²) >= 11 is 0. The number of aliphatic hydroxyl groups is 1. The van der Waals surface area contributed by atoms with Crippen molar-refractivity contribution in [3.8, 4) is 0 Å². The number of unbranched alkanes of at least 4 members (excludes halogenated alkanes) is 3. The van der Waals surface area contributed by atoms with E-state index < -0.39 is 0 Å². The van der Waals surface area contributed by atoms with E-state index in [0.717, 1.165) is 6.42 Å². The third-order valence-corrected chi connectivity index (χ3v) is 1.01. The van der Waals surface area contributed by atoms with Gasteiger partial charge in [0.2, 0.25) is 0 Å². The van der Waals surface area contributed by atoms with Crippen molar-refractivity contribution in [2.24, 2.45) is 0 Å². The van der Waals surface area contributed by atoms with Crippen LogP contribution in [0.15, 0.2) is 0 Å². The van der Waals surface area contributed by atoms with Crippen LogP contribution in [0.4, 0.5) is 0 Å². The molecule has 0 aromatic rings. The third-order valence-electron chi connectivity index (χ3n) is 1.01. The van der Waals surface area contributed by atoms with Gasteiger partial charge in [0.1, 0.15) is 0 Å². The molecule has 0 saturated heterocycles. The summed E-state index contributed by atoms with van der Waals surface area (Å²) in [4.78, 5) is 0. The van der Waals surface area contributed by atoms with Crippen molar-refractivity contribution in [1.82, 2.24) is 0 Å². The molecule has 0 amide bonds. The molecule has 1 nitrogen and oxygen atoms in total. The van der Waals surface area contributed by atoms with Crippen molar-refractivity contribution in [3.05, 3.63) is 0 Å². The molecule has 0 aromatic heterocycles. The maximum Gasteiger partial charge on any atom is 2.00 e. The number of hydrogen-bond acceptors (Lipinski definition) is 1. The van der Waals surface area contributed by atoms with Crippen LogP contribution in [0.2, 0.25) is 0 Å². The van der Waals surface area contributed by atoms with E-state index in [1.54, 1.807) is 0 Å². The van der Waals surface area contributed by atoms with Crippen LogP contribution in [0.3, 0.4) is 0 Å². The van der Waals surface area contributed by atoms with E-state index in [-0.39, 0.29) is 42.9 Å². The monoisotopic (exact) mass is 208 g/mol. The van der Waals surface area contributed by atoms with Crippen molar-refractivity contribution < 1.29 is 7.96 Å². The largest absolute Gasteiger partial charge is 2.00 e. The van der Waals surface area contributed by atoms with Gasteiger partial charge in [0.05, 0.1) is 0 Å². The first-order valence-electron chi connectivity index (χ1n) is 3.02. The van der Waals surface area contributed by atoms with Crippen LogP contribution in [0.5, 0.6) is 0 Å². The molecular weight excluding hydrogens is 192 g/mol. The van der Waals surface area contributed by atoms with E-state index >= 15 is 0 Å². The van der Waals surface area contributed by atoms with Gasteiger partial charge in [-0.1, -0.05) is 26.2 Å². The zero-order chi connectivity index (χ0) is 5.54. The predicted octanol–water partition coefficient (Wildman–Crippen LogP) is 1.98. The Bertz CT molecular complexity index is 39.8. The summed E-state index contributed by atoms with van der Waals surface area (Å²) in [6.07, 6.45) is 4.68. The minimum Gasteiger partial charge on any atom is -1.00 e. The Morgan fingerprint density at radius 1 is 1.22 bits per heavy atom. The minimum atomic E-state index is 0. The Morgan fingerprint density at radius 3 is 2.11 bits per heavy atom. The molecule has 0 saturated carbocycles. The van der Waals surface area contributed by atoms with E-state index in [9.17, 15) is 0 Å². The predicted molar refractivity (Wildman–Crippen MR) is 49.5 cm³/mol. The average molecular weight is 209 g/mol. The molecule has 3 heteroatoms. The molecule has 0 spiro atoms. The molecule has 0 radical (unpaired) electrons. The van der Waals surface area contributed by atoms with Crippen LogP contribution in [0.1, 0.15) is 35.5 Å². The molecule has 0 aromatic carbocycles. The van der Waals surface area contributed by atoms with Gasteiger partial charge >= 0.3 is 23.1 Å². The van der Waals surface area contributed by atoms with Crippen LogP contribution >= 0.6 is 17.0 Å². The molecule has 1 N–H and O–H groups in total. The Kier molecular flexibility index (Phi) is 29.8. The second-order valence-corrected chi connectivity index (χ2v) is 1.78. The summed E-state index contributed by atoms with van der Waals surface area (Å²) in [6.45, 7) is 2.53. The average Bonchev–Trinajstić information content (AvgIpc) is 1.69. The summed E-state index contributed by atoms with van der Waals surface area (Å²) in [7, 11) is 0. The summed E-state index contributed by atoms with van der Waals surface area (Å²) in [5, 5.41) is 8.29. The Hall–Kier alpha value is 1.21. The van der Waals surface area contributed by atoms with Gasteiger partial charge in [0.25, 0.3) is 0 Å². The first-order valence-corrected chi connectivity index (χ1v) is 3.02. The van der Waals surface area contributed by atoms with Gasteiger partial charge in [0.15, 0.2) is 0 Å². The SMILES string of the molecule is Br.CCCCCCO.[H-].[H-].[Mg+2]. The van der Waals surface area contributed by atoms with Gasteiger partial charge in [-0.05, 0) is 6.42 Å². The summed E-state index contributed by atoms with van der Waals surface area (Å²) in [5.74, 6) is 0. The summed E-state index contributed by atoms with van der Waals surface area (Å²) in [6, 6.07) is 0. The van der Waals surface area contributed by atoms with Gasteiger partial charge < -0.3 is 7.96 Å². The van der Waals surface area contributed by atoms with Crippen molar-refractivity contribution in [1.29, 1.82) is 0 Å². The number of halogens is 1. The fraction of sp³-hybridized carbons (Fsp3) is 1.00. The molecule has 0 unspecified atom stereocenters.